The van der Waals surface area contributed by atoms with Crippen molar-refractivity contribution in [2.24, 2.45) is 0 Å². The summed E-state index contributed by atoms with van der Waals surface area (Å²) in [4.78, 5) is 9.05. The smallest absolute Gasteiger partial charge is 0.125 e. The summed E-state index contributed by atoms with van der Waals surface area (Å²) in [7, 11) is 0. The molecule has 1 heterocycles. The molecule has 0 saturated carbocycles. The Morgan fingerprint density at radius 1 is 1.12 bits per heavy atom. The fraction of sp³-hybridized carbons (Fsp3) is 0.286. The fourth-order valence-corrected chi connectivity index (χ4v) is 2.50. The van der Waals surface area contributed by atoms with Crippen molar-refractivity contribution in [3.05, 3.63) is 59.2 Å². The maximum atomic E-state index is 4.46. The van der Waals surface area contributed by atoms with Crippen LogP contribution in [0.5, 0.6) is 0 Å². The summed E-state index contributed by atoms with van der Waals surface area (Å²) < 4.78 is 0. The molecule has 0 aliphatic heterocycles. The van der Waals surface area contributed by atoms with Gasteiger partial charge in [0.25, 0.3) is 0 Å². The van der Waals surface area contributed by atoms with Gasteiger partial charge in [-0.15, -0.1) is 0 Å². The molecule has 0 spiro atoms. The lowest BCUT2D eigenvalue weighted by Gasteiger charge is -2.10. The molecule has 0 N–H and O–H groups in total. The molecule has 2 nitrogen and oxygen atoms in total. The van der Waals surface area contributed by atoms with E-state index in [0.29, 0.717) is 4.83 Å². The van der Waals surface area contributed by atoms with Gasteiger partial charge in [0.2, 0.25) is 0 Å². The standard InChI is InChI=1S/C14H15BrN2/c1-10-8-13(17-11(2)16-10)9-14(15)12-6-4-3-5-7-12/h3-8,14H,9H2,1-2H3. The summed E-state index contributed by atoms with van der Waals surface area (Å²) >= 11 is 3.71. The van der Waals surface area contributed by atoms with E-state index in [4.69, 9.17) is 0 Å². The van der Waals surface area contributed by atoms with Gasteiger partial charge in [0.15, 0.2) is 0 Å². The summed E-state index contributed by atoms with van der Waals surface area (Å²) in [5.74, 6) is 0.841. The van der Waals surface area contributed by atoms with Gasteiger partial charge in [0.1, 0.15) is 5.82 Å². The lowest BCUT2D eigenvalue weighted by atomic mass is 10.1. The summed E-state index contributed by atoms with van der Waals surface area (Å²) in [6.45, 7) is 3.94. The molecule has 3 heteroatoms. The predicted octanol–water partition coefficient (Wildman–Crippen LogP) is 3.77. The maximum absolute atomic E-state index is 4.46. The first-order valence-electron chi connectivity index (χ1n) is 5.65. The van der Waals surface area contributed by atoms with Crippen molar-refractivity contribution in [2.75, 3.05) is 0 Å². The fourth-order valence-electron chi connectivity index (χ4n) is 1.86. The second-order valence-electron chi connectivity index (χ2n) is 4.13. The molecule has 0 bridgehead atoms. The summed E-state index contributed by atoms with van der Waals surface area (Å²) in [5.41, 5.74) is 3.39. The van der Waals surface area contributed by atoms with Crippen LogP contribution in [-0.2, 0) is 6.42 Å². The third-order valence-electron chi connectivity index (χ3n) is 2.57. The number of hydrogen-bond acceptors (Lipinski definition) is 2. The summed E-state index contributed by atoms with van der Waals surface area (Å²) in [5, 5.41) is 0. The third-order valence-corrected chi connectivity index (χ3v) is 3.42. The maximum Gasteiger partial charge on any atom is 0.125 e. The zero-order valence-corrected chi connectivity index (χ0v) is 11.6. The number of benzene rings is 1. The van der Waals surface area contributed by atoms with E-state index in [9.17, 15) is 0 Å². The van der Waals surface area contributed by atoms with Crippen molar-refractivity contribution < 1.29 is 0 Å². The van der Waals surface area contributed by atoms with E-state index in [1.807, 2.05) is 26.0 Å². The SMILES string of the molecule is Cc1cc(CC(Br)c2ccccc2)nc(C)n1. The summed E-state index contributed by atoms with van der Waals surface area (Å²) in [6, 6.07) is 12.4. The average Bonchev–Trinajstić information content (AvgIpc) is 2.28. The molecule has 88 valence electrons. The summed E-state index contributed by atoms with van der Waals surface area (Å²) in [6.07, 6.45) is 0.883. The number of hydrogen-bond donors (Lipinski definition) is 0. The Kier molecular flexibility index (Phi) is 3.89. The molecule has 1 atom stereocenters. The molecule has 0 fully saturated rings. The van der Waals surface area contributed by atoms with Crippen molar-refractivity contribution in [1.29, 1.82) is 0 Å². The first-order chi connectivity index (χ1) is 8.15. The van der Waals surface area contributed by atoms with Crippen LogP contribution in [-0.4, -0.2) is 9.97 Å². The minimum atomic E-state index is 0.303. The van der Waals surface area contributed by atoms with Crippen LogP contribution in [0.3, 0.4) is 0 Å². The van der Waals surface area contributed by atoms with E-state index in [2.05, 4.69) is 50.2 Å². The highest BCUT2D eigenvalue weighted by Crippen LogP contribution is 2.26. The van der Waals surface area contributed by atoms with Crippen molar-refractivity contribution >= 4 is 15.9 Å². The number of alkyl halides is 1. The Hall–Kier alpha value is -1.22. The predicted molar refractivity (Wildman–Crippen MR) is 73.3 cm³/mol. The van der Waals surface area contributed by atoms with Gasteiger partial charge >= 0.3 is 0 Å². The lowest BCUT2D eigenvalue weighted by Crippen LogP contribution is -2.01. The van der Waals surface area contributed by atoms with Gasteiger partial charge in [-0.1, -0.05) is 46.3 Å². The minimum Gasteiger partial charge on any atom is -0.239 e. The lowest BCUT2D eigenvalue weighted by molar-refractivity contribution is 0.863. The van der Waals surface area contributed by atoms with Crippen molar-refractivity contribution in [1.82, 2.24) is 9.97 Å². The van der Waals surface area contributed by atoms with E-state index in [1.165, 1.54) is 5.56 Å². The van der Waals surface area contributed by atoms with Crippen LogP contribution < -0.4 is 0 Å². The largest absolute Gasteiger partial charge is 0.239 e. The van der Waals surface area contributed by atoms with Crippen LogP contribution in [0.1, 0.15) is 27.6 Å². The third kappa shape index (κ3) is 3.37. The quantitative estimate of drug-likeness (QED) is 0.804. The molecule has 0 aliphatic carbocycles. The van der Waals surface area contributed by atoms with Crippen LogP contribution in [0, 0.1) is 13.8 Å². The van der Waals surface area contributed by atoms with E-state index < -0.39 is 0 Å². The molecule has 0 aliphatic rings. The Balaban J connectivity index is 2.16. The minimum absolute atomic E-state index is 0.303. The molecular formula is C14H15BrN2. The second-order valence-corrected chi connectivity index (χ2v) is 5.24. The van der Waals surface area contributed by atoms with Gasteiger partial charge in [0, 0.05) is 22.6 Å². The van der Waals surface area contributed by atoms with E-state index in [-0.39, 0.29) is 0 Å². The molecule has 1 unspecified atom stereocenters. The normalized spacial score (nSPS) is 12.4. The highest BCUT2D eigenvalue weighted by atomic mass is 79.9. The van der Waals surface area contributed by atoms with Crippen LogP contribution in [0.4, 0.5) is 0 Å². The number of aryl methyl sites for hydroxylation is 2. The second kappa shape index (κ2) is 5.41. The first kappa shape index (κ1) is 12.2. The number of halogens is 1. The zero-order valence-electron chi connectivity index (χ0n) is 10.0. The molecular weight excluding hydrogens is 276 g/mol. The van der Waals surface area contributed by atoms with Crippen molar-refractivity contribution in [2.45, 2.75) is 25.1 Å². The Morgan fingerprint density at radius 2 is 1.82 bits per heavy atom. The molecule has 0 amide bonds. The van der Waals surface area contributed by atoms with E-state index in [1.54, 1.807) is 0 Å². The molecule has 2 rings (SSSR count). The topological polar surface area (TPSA) is 25.8 Å². The molecule has 0 saturated heterocycles. The van der Waals surface area contributed by atoms with Gasteiger partial charge in [-0.25, -0.2) is 9.97 Å². The van der Waals surface area contributed by atoms with Gasteiger partial charge in [-0.3, -0.25) is 0 Å². The van der Waals surface area contributed by atoms with E-state index in [0.717, 1.165) is 23.6 Å². The molecule has 1 aromatic heterocycles. The van der Waals surface area contributed by atoms with Gasteiger partial charge in [-0.05, 0) is 25.5 Å². The van der Waals surface area contributed by atoms with Crippen molar-refractivity contribution in [3.8, 4) is 0 Å². The molecule has 1 aromatic carbocycles. The van der Waals surface area contributed by atoms with Crippen molar-refractivity contribution in [3.63, 3.8) is 0 Å². The van der Waals surface area contributed by atoms with Crippen LogP contribution in [0.15, 0.2) is 36.4 Å². The van der Waals surface area contributed by atoms with Crippen LogP contribution >= 0.6 is 15.9 Å². The number of aromatic nitrogens is 2. The molecule has 0 radical (unpaired) electrons. The molecule has 17 heavy (non-hydrogen) atoms. The molecule has 2 aromatic rings. The first-order valence-corrected chi connectivity index (χ1v) is 6.57. The number of nitrogens with zero attached hydrogens (tertiary/aromatic N) is 2. The zero-order chi connectivity index (χ0) is 12.3. The van der Waals surface area contributed by atoms with Gasteiger partial charge in [-0.2, -0.15) is 0 Å². The van der Waals surface area contributed by atoms with E-state index >= 15 is 0 Å². The monoisotopic (exact) mass is 290 g/mol. The van der Waals surface area contributed by atoms with Crippen LogP contribution in [0.2, 0.25) is 0 Å². The highest BCUT2D eigenvalue weighted by Gasteiger charge is 2.09. The van der Waals surface area contributed by atoms with Gasteiger partial charge in [0.05, 0.1) is 0 Å². The highest BCUT2D eigenvalue weighted by molar-refractivity contribution is 9.09. The Bertz CT molecular complexity index is 477. The Labute approximate surface area is 110 Å². The Morgan fingerprint density at radius 3 is 2.47 bits per heavy atom. The van der Waals surface area contributed by atoms with Gasteiger partial charge < -0.3 is 0 Å². The average molecular weight is 291 g/mol. The number of rotatable bonds is 3. The van der Waals surface area contributed by atoms with Crippen LogP contribution in [0.25, 0.3) is 0 Å².